The number of halogens is 1. The summed E-state index contributed by atoms with van der Waals surface area (Å²) in [5, 5.41) is 7.66. The Morgan fingerprint density at radius 3 is 2.76 bits per heavy atom. The van der Waals surface area contributed by atoms with Crippen LogP contribution in [0.5, 0.6) is 5.75 Å². The molecule has 0 spiro atoms. The van der Waals surface area contributed by atoms with Crippen molar-refractivity contribution in [1.29, 1.82) is 0 Å². The quantitative estimate of drug-likeness (QED) is 0.308. The third kappa shape index (κ3) is 5.42. The van der Waals surface area contributed by atoms with Crippen molar-refractivity contribution in [2.24, 2.45) is 0 Å². The van der Waals surface area contributed by atoms with Crippen LogP contribution in [-0.2, 0) is 22.7 Å². The Labute approximate surface area is 197 Å². The third-order valence-corrected chi connectivity index (χ3v) is 5.70. The van der Waals surface area contributed by atoms with E-state index in [9.17, 15) is 23.6 Å². The fourth-order valence-electron chi connectivity index (χ4n) is 3.61. The summed E-state index contributed by atoms with van der Waals surface area (Å²) in [5.74, 6) is -1.34. The lowest BCUT2D eigenvalue weighted by Gasteiger charge is -2.40. The highest BCUT2D eigenvalue weighted by Gasteiger charge is 2.41. The maximum Gasteiger partial charge on any atom is 0.412 e. The first-order valence-electron chi connectivity index (χ1n) is 10.5. The summed E-state index contributed by atoms with van der Waals surface area (Å²) in [6.45, 7) is 0.135. The zero-order valence-electron chi connectivity index (χ0n) is 18.8. The molecule has 3 rings (SSSR count). The van der Waals surface area contributed by atoms with Crippen molar-refractivity contribution in [3.63, 3.8) is 0 Å². The molecule has 1 atom stereocenters. The summed E-state index contributed by atoms with van der Waals surface area (Å²) in [6.07, 6.45) is 0.226. The van der Waals surface area contributed by atoms with Crippen LogP contribution in [0.2, 0.25) is 0 Å². The van der Waals surface area contributed by atoms with E-state index >= 15 is 0 Å². The van der Waals surface area contributed by atoms with E-state index < -0.39 is 23.3 Å². The number of anilines is 1. The second-order valence-electron chi connectivity index (χ2n) is 7.90. The van der Waals surface area contributed by atoms with E-state index in [1.54, 1.807) is 30.1 Å². The van der Waals surface area contributed by atoms with Gasteiger partial charge in [0.25, 0.3) is 0 Å². The van der Waals surface area contributed by atoms with E-state index in [1.807, 2.05) is 0 Å². The van der Waals surface area contributed by atoms with Crippen LogP contribution in [-0.4, -0.2) is 56.5 Å². The number of amides is 3. The molecule has 2 aromatic carbocycles. The highest BCUT2D eigenvalue weighted by atomic mass is 19.1. The number of imide groups is 1. The number of rotatable bonds is 8. The Morgan fingerprint density at radius 2 is 2.09 bits per heavy atom. The van der Waals surface area contributed by atoms with Gasteiger partial charge in [-0.1, -0.05) is 12.1 Å². The summed E-state index contributed by atoms with van der Waals surface area (Å²) in [5.41, 5.74) is 0.249. The number of benzene rings is 2. The number of aldehydes is 1. The van der Waals surface area contributed by atoms with Crippen molar-refractivity contribution in [2.45, 2.75) is 31.4 Å². The third-order valence-electron chi connectivity index (χ3n) is 5.70. The average Bonchev–Trinajstić information content (AvgIpc) is 2.82. The smallest absolute Gasteiger partial charge is 0.410 e. The molecule has 176 valence electrons. The van der Waals surface area contributed by atoms with Gasteiger partial charge in [0.15, 0.2) is 0 Å². The molecule has 1 fully saturated rings. The highest BCUT2D eigenvalue weighted by molar-refractivity contribution is 6.30. The van der Waals surface area contributed by atoms with Gasteiger partial charge >= 0.3 is 6.09 Å². The zero-order chi connectivity index (χ0) is 24.9. The number of carbonyl (C=O) groups excluding carboxylic acids is 4. The standard InChI is InChI=1S/C23H24BFN4O5/c1-26-22(33)34-16-6-7-18(25)15(10-16)11-27-19-5-3-4-14(13-30)17(19)12-29(2)23(24)9-8-20(31)28-21(23)32/h3-7,10,13,27H,8-9,11-12H2,1-2H3,(H,26,33)(H,28,31,32). The Kier molecular flexibility index (Phi) is 7.67. The van der Waals surface area contributed by atoms with Crippen LogP contribution in [0.1, 0.15) is 34.3 Å². The molecule has 9 nitrogen and oxygen atoms in total. The number of hydrogen-bond donors (Lipinski definition) is 3. The molecule has 1 aliphatic rings. The first kappa shape index (κ1) is 24.9. The minimum absolute atomic E-state index is 0.0263. The fourth-order valence-corrected chi connectivity index (χ4v) is 3.61. The first-order valence-corrected chi connectivity index (χ1v) is 10.5. The number of piperidine rings is 1. The minimum Gasteiger partial charge on any atom is -0.410 e. The van der Waals surface area contributed by atoms with Crippen LogP contribution in [0.4, 0.5) is 14.9 Å². The van der Waals surface area contributed by atoms with Crippen molar-refractivity contribution in [1.82, 2.24) is 15.5 Å². The van der Waals surface area contributed by atoms with E-state index in [0.717, 1.165) is 0 Å². The topological polar surface area (TPSA) is 117 Å². The summed E-state index contributed by atoms with van der Waals surface area (Å²) in [6, 6.07) is 8.92. The van der Waals surface area contributed by atoms with Crippen LogP contribution < -0.4 is 20.7 Å². The van der Waals surface area contributed by atoms with Gasteiger partial charge < -0.3 is 15.4 Å². The lowest BCUT2D eigenvalue weighted by molar-refractivity contribution is -0.139. The number of ether oxygens (including phenoxy) is 1. The van der Waals surface area contributed by atoms with Crippen LogP contribution in [0.15, 0.2) is 36.4 Å². The Morgan fingerprint density at radius 1 is 1.32 bits per heavy atom. The zero-order valence-corrected chi connectivity index (χ0v) is 18.8. The van der Waals surface area contributed by atoms with Gasteiger partial charge in [0.1, 0.15) is 25.7 Å². The second-order valence-corrected chi connectivity index (χ2v) is 7.90. The Hall–Kier alpha value is -3.73. The Balaban J connectivity index is 1.82. The number of nitrogens with zero attached hydrogens (tertiary/aromatic N) is 1. The molecule has 11 heteroatoms. The number of carbonyl (C=O) groups is 4. The molecule has 0 bridgehead atoms. The maximum atomic E-state index is 14.4. The molecule has 1 saturated heterocycles. The predicted octanol–water partition coefficient (Wildman–Crippen LogP) is 1.70. The number of nitrogens with one attached hydrogen (secondary N) is 3. The van der Waals surface area contributed by atoms with Crippen LogP contribution in [0.3, 0.4) is 0 Å². The van der Waals surface area contributed by atoms with Gasteiger partial charge in [-0.3, -0.25) is 24.6 Å². The molecule has 0 aliphatic carbocycles. The minimum atomic E-state index is -1.43. The molecule has 34 heavy (non-hydrogen) atoms. The van der Waals surface area contributed by atoms with Gasteiger partial charge in [0, 0.05) is 43.4 Å². The average molecular weight is 466 g/mol. The van der Waals surface area contributed by atoms with E-state index in [2.05, 4.69) is 16.0 Å². The fraction of sp³-hybridized carbons (Fsp3) is 0.304. The normalized spacial score (nSPS) is 17.8. The predicted molar refractivity (Wildman–Crippen MR) is 123 cm³/mol. The van der Waals surface area contributed by atoms with Gasteiger partial charge in [0.05, 0.1) is 5.44 Å². The molecule has 3 amide bonds. The number of hydrogen-bond acceptors (Lipinski definition) is 7. The molecular formula is C23H24BFN4O5. The monoisotopic (exact) mass is 466 g/mol. The molecule has 2 aromatic rings. The molecule has 1 unspecified atom stereocenters. The molecule has 0 saturated carbocycles. The molecule has 1 heterocycles. The highest BCUT2D eigenvalue weighted by Crippen LogP contribution is 2.28. The molecule has 3 N–H and O–H groups in total. The van der Waals surface area contributed by atoms with Crippen LogP contribution in [0, 0.1) is 5.82 Å². The summed E-state index contributed by atoms with van der Waals surface area (Å²) in [4.78, 5) is 48.6. The largest absolute Gasteiger partial charge is 0.412 e. The Bertz CT molecular complexity index is 1130. The van der Waals surface area contributed by atoms with Gasteiger partial charge in [-0.15, -0.1) is 0 Å². The SMILES string of the molecule is [B]C1(N(C)Cc2c(C=O)cccc2NCc2cc(OC(=O)NC)ccc2F)CCC(=O)NC1=O. The van der Waals surface area contributed by atoms with Crippen molar-refractivity contribution in [3.8, 4) is 5.75 Å². The molecule has 2 radical (unpaired) electrons. The number of likely N-dealkylation sites (N-methyl/N-ethyl adjacent to an activating group) is 1. The lowest BCUT2D eigenvalue weighted by Crippen LogP contribution is -2.62. The van der Waals surface area contributed by atoms with Crippen LogP contribution >= 0.6 is 0 Å². The molecule has 1 aliphatic heterocycles. The summed E-state index contributed by atoms with van der Waals surface area (Å²) >= 11 is 0. The van der Waals surface area contributed by atoms with Crippen molar-refractivity contribution in [3.05, 3.63) is 58.9 Å². The van der Waals surface area contributed by atoms with Gasteiger partial charge in [-0.25, -0.2) is 9.18 Å². The van der Waals surface area contributed by atoms with E-state index in [1.165, 1.54) is 25.2 Å². The van der Waals surface area contributed by atoms with Crippen molar-refractivity contribution >= 4 is 37.7 Å². The van der Waals surface area contributed by atoms with Crippen molar-refractivity contribution in [2.75, 3.05) is 19.4 Å². The molecular weight excluding hydrogens is 442 g/mol. The van der Waals surface area contributed by atoms with E-state index in [0.29, 0.717) is 23.1 Å². The van der Waals surface area contributed by atoms with Gasteiger partial charge in [-0.2, -0.15) is 0 Å². The van der Waals surface area contributed by atoms with Crippen molar-refractivity contribution < 1.29 is 28.3 Å². The summed E-state index contributed by atoms with van der Waals surface area (Å²) in [7, 11) is 9.34. The first-order chi connectivity index (χ1) is 16.2. The second kappa shape index (κ2) is 10.5. The van der Waals surface area contributed by atoms with Gasteiger partial charge in [0.2, 0.25) is 11.8 Å². The van der Waals surface area contributed by atoms with Crippen LogP contribution in [0.25, 0.3) is 0 Å². The maximum absolute atomic E-state index is 14.4. The molecule has 0 aromatic heterocycles. The van der Waals surface area contributed by atoms with Gasteiger partial charge in [-0.05, 0) is 43.3 Å². The van der Waals surface area contributed by atoms with E-state index in [4.69, 9.17) is 12.6 Å². The van der Waals surface area contributed by atoms with E-state index in [-0.39, 0.29) is 43.2 Å². The lowest BCUT2D eigenvalue weighted by atomic mass is 9.70. The summed E-state index contributed by atoms with van der Waals surface area (Å²) < 4.78 is 19.4.